The number of carbonyl (C=O) groups is 1. The minimum Gasteiger partial charge on any atom is -0.307 e. The van der Waals surface area contributed by atoms with Crippen molar-refractivity contribution in [1.29, 1.82) is 0 Å². The summed E-state index contributed by atoms with van der Waals surface area (Å²) in [6.07, 6.45) is 1.71. The molecule has 1 amide bonds. The molecule has 0 saturated heterocycles. The Hall–Kier alpha value is -0.950. The van der Waals surface area contributed by atoms with Gasteiger partial charge in [0.1, 0.15) is 5.82 Å². The Morgan fingerprint density at radius 1 is 1.40 bits per heavy atom. The van der Waals surface area contributed by atoms with Crippen molar-refractivity contribution in [2.75, 3.05) is 5.32 Å². The minimum absolute atomic E-state index is 0.120. The summed E-state index contributed by atoms with van der Waals surface area (Å²) in [5.41, 5.74) is 0.667. The zero-order valence-corrected chi connectivity index (χ0v) is 10.6. The summed E-state index contributed by atoms with van der Waals surface area (Å²) in [4.78, 5) is 15.7. The van der Waals surface area contributed by atoms with E-state index < -0.39 is 0 Å². The highest BCUT2D eigenvalue weighted by Crippen LogP contribution is 2.10. The van der Waals surface area contributed by atoms with Crippen molar-refractivity contribution in [3.63, 3.8) is 0 Å². The van der Waals surface area contributed by atoms with E-state index in [0.717, 1.165) is 3.57 Å². The Balaban J connectivity index is 2.09. The number of amides is 1. The Labute approximate surface area is 105 Å². The standard InChI is InChI=1S/C10H7IN2OS/c11-8-1-2-9(12-5-8)13-10(14)7-3-4-15-6-7/h1-6H,(H,12,13,14). The van der Waals surface area contributed by atoms with Crippen molar-refractivity contribution in [1.82, 2.24) is 4.98 Å². The fourth-order valence-electron chi connectivity index (χ4n) is 1.03. The average molecular weight is 330 g/mol. The largest absolute Gasteiger partial charge is 0.307 e. The van der Waals surface area contributed by atoms with Crippen molar-refractivity contribution < 1.29 is 4.79 Å². The number of halogens is 1. The summed E-state index contributed by atoms with van der Waals surface area (Å²) in [5.74, 6) is 0.455. The molecule has 0 aromatic carbocycles. The highest BCUT2D eigenvalue weighted by molar-refractivity contribution is 14.1. The molecule has 2 aromatic rings. The summed E-state index contributed by atoms with van der Waals surface area (Å²) in [7, 11) is 0. The average Bonchev–Trinajstić information content (AvgIpc) is 2.74. The van der Waals surface area contributed by atoms with E-state index in [1.165, 1.54) is 11.3 Å². The SMILES string of the molecule is O=C(Nc1ccc(I)cn1)c1ccsc1. The lowest BCUT2D eigenvalue weighted by atomic mass is 10.3. The van der Waals surface area contributed by atoms with Gasteiger partial charge in [-0.3, -0.25) is 4.79 Å². The van der Waals surface area contributed by atoms with Gasteiger partial charge in [0.05, 0.1) is 5.56 Å². The number of thiophene rings is 1. The van der Waals surface area contributed by atoms with E-state index in [0.29, 0.717) is 11.4 Å². The zero-order chi connectivity index (χ0) is 10.7. The van der Waals surface area contributed by atoms with Crippen molar-refractivity contribution in [3.8, 4) is 0 Å². The topological polar surface area (TPSA) is 42.0 Å². The lowest BCUT2D eigenvalue weighted by molar-refractivity contribution is 0.102. The Bertz CT molecular complexity index is 453. The van der Waals surface area contributed by atoms with E-state index in [4.69, 9.17) is 0 Å². The van der Waals surface area contributed by atoms with E-state index in [9.17, 15) is 4.79 Å². The van der Waals surface area contributed by atoms with Crippen LogP contribution in [-0.2, 0) is 0 Å². The minimum atomic E-state index is -0.120. The molecule has 0 atom stereocenters. The molecule has 0 spiro atoms. The van der Waals surface area contributed by atoms with Crippen LogP contribution in [0.15, 0.2) is 35.2 Å². The molecule has 0 radical (unpaired) electrons. The van der Waals surface area contributed by atoms with Gasteiger partial charge in [-0.25, -0.2) is 4.98 Å². The highest BCUT2D eigenvalue weighted by atomic mass is 127. The van der Waals surface area contributed by atoms with Gasteiger partial charge in [-0.05, 0) is 46.2 Å². The Morgan fingerprint density at radius 3 is 2.87 bits per heavy atom. The van der Waals surface area contributed by atoms with Crippen LogP contribution in [0.5, 0.6) is 0 Å². The van der Waals surface area contributed by atoms with Crippen LogP contribution >= 0.6 is 33.9 Å². The van der Waals surface area contributed by atoms with E-state index >= 15 is 0 Å². The highest BCUT2D eigenvalue weighted by Gasteiger charge is 2.06. The van der Waals surface area contributed by atoms with Crippen molar-refractivity contribution in [3.05, 3.63) is 44.3 Å². The fourth-order valence-corrected chi connectivity index (χ4v) is 1.99. The van der Waals surface area contributed by atoms with Gasteiger partial charge in [0.25, 0.3) is 5.91 Å². The fraction of sp³-hybridized carbons (Fsp3) is 0. The number of hydrogen-bond acceptors (Lipinski definition) is 3. The maximum Gasteiger partial charge on any atom is 0.257 e. The molecule has 2 rings (SSSR count). The van der Waals surface area contributed by atoms with Crippen LogP contribution in [0.25, 0.3) is 0 Å². The number of pyridine rings is 1. The van der Waals surface area contributed by atoms with Crippen LogP contribution in [0, 0.1) is 3.57 Å². The number of carbonyl (C=O) groups excluding carboxylic acids is 1. The molecule has 0 aliphatic carbocycles. The van der Waals surface area contributed by atoms with Crippen molar-refractivity contribution in [2.24, 2.45) is 0 Å². The predicted molar refractivity (Wildman–Crippen MR) is 69.2 cm³/mol. The van der Waals surface area contributed by atoms with Gasteiger partial charge in [-0.1, -0.05) is 0 Å². The first-order chi connectivity index (χ1) is 7.25. The number of rotatable bonds is 2. The lowest BCUT2D eigenvalue weighted by Gasteiger charge is -2.01. The van der Waals surface area contributed by atoms with Crippen LogP contribution in [0.3, 0.4) is 0 Å². The first kappa shape index (κ1) is 10.6. The van der Waals surface area contributed by atoms with Gasteiger partial charge in [-0.15, -0.1) is 0 Å². The Morgan fingerprint density at radius 2 is 2.27 bits per heavy atom. The molecule has 0 bridgehead atoms. The van der Waals surface area contributed by atoms with Crippen molar-refractivity contribution in [2.45, 2.75) is 0 Å². The van der Waals surface area contributed by atoms with E-state index in [1.807, 2.05) is 16.8 Å². The van der Waals surface area contributed by atoms with Gasteiger partial charge in [0.15, 0.2) is 0 Å². The second-order valence-electron chi connectivity index (χ2n) is 2.83. The van der Waals surface area contributed by atoms with Gasteiger partial charge in [0.2, 0.25) is 0 Å². The molecular weight excluding hydrogens is 323 g/mol. The third-order valence-corrected chi connectivity index (χ3v) is 3.07. The van der Waals surface area contributed by atoms with E-state index in [1.54, 1.807) is 18.3 Å². The first-order valence-electron chi connectivity index (χ1n) is 4.21. The summed E-state index contributed by atoms with van der Waals surface area (Å²) >= 11 is 3.67. The Kier molecular flexibility index (Phi) is 3.32. The third kappa shape index (κ3) is 2.75. The number of nitrogens with zero attached hydrogens (tertiary/aromatic N) is 1. The van der Waals surface area contributed by atoms with Gasteiger partial charge >= 0.3 is 0 Å². The van der Waals surface area contributed by atoms with Gasteiger partial charge in [0, 0.05) is 15.1 Å². The van der Waals surface area contributed by atoms with E-state index in [-0.39, 0.29) is 5.91 Å². The molecule has 2 aromatic heterocycles. The molecule has 0 saturated carbocycles. The quantitative estimate of drug-likeness (QED) is 0.860. The lowest BCUT2D eigenvalue weighted by Crippen LogP contribution is -2.11. The smallest absolute Gasteiger partial charge is 0.257 e. The second kappa shape index (κ2) is 4.71. The summed E-state index contributed by atoms with van der Waals surface area (Å²) in [5, 5.41) is 6.40. The van der Waals surface area contributed by atoms with Crippen LogP contribution < -0.4 is 5.32 Å². The maximum absolute atomic E-state index is 11.6. The van der Waals surface area contributed by atoms with Crippen LogP contribution in [-0.4, -0.2) is 10.9 Å². The molecule has 0 aliphatic rings. The number of aromatic nitrogens is 1. The van der Waals surface area contributed by atoms with Crippen LogP contribution in [0.1, 0.15) is 10.4 Å². The zero-order valence-electron chi connectivity index (χ0n) is 7.61. The van der Waals surface area contributed by atoms with Crippen LogP contribution in [0.4, 0.5) is 5.82 Å². The molecule has 3 nitrogen and oxygen atoms in total. The van der Waals surface area contributed by atoms with Gasteiger partial charge < -0.3 is 5.32 Å². The third-order valence-electron chi connectivity index (χ3n) is 1.75. The number of hydrogen-bond donors (Lipinski definition) is 1. The predicted octanol–water partition coefficient (Wildman–Crippen LogP) is 3.00. The number of nitrogens with one attached hydrogen (secondary N) is 1. The normalized spacial score (nSPS) is 9.93. The van der Waals surface area contributed by atoms with Gasteiger partial charge in [-0.2, -0.15) is 11.3 Å². The molecule has 0 aliphatic heterocycles. The molecule has 5 heteroatoms. The van der Waals surface area contributed by atoms with Crippen LogP contribution in [0.2, 0.25) is 0 Å². The monoisotopic (exact) mass is 330 g/mol. The number of anilines is 1. The van der Waals surface area contributed by atoms with E-state index in [2.05, 4.69) is 32.9 Å². The second-order valence-corrected chi connectivity index (χ2v) is 4.85. The molecule has 0 fully saturated rings. The molecule has 2 heterocycles. The maximum atomic E-state index is 11.6. The molecule has 15 heavy (non-hydrogen) atoms. The first-order valence-corrected chi connectivity index (χ1v) is 6.23. The molecule has 0 unspecified atom stereocenters. The molecular formula is C10H7IN2OS. The summed E-state index contributed by atoms with van der Waals surface area (Å²) < 4.78 is 1.04. The molecule has 1 N–H and O–H groups in total. The summed E-state index contributed by atoms with van der Waals surface area (Å²) in [6.45, 7) is 0. The van der Waals surface area contributed by atoms with Crippen molar-refractivity contribution >= 4 is 45.7 Å². The summed E-state index contributed by atoms with van der Waals surface area (Å²) in [6, 6.07) is 5.47. The molecule has 76 valence electrons.